The van der Waals surface area contributed by atoms with Crippen molar-refractivity contribution in [1.29, 1.82) is 0 Å². The fourth-order valence-electron chi connectivity index (χ4n) is 1.58. The molecule has 1 fully saturated rings. The van der Waals surface area contributed by atoms with Crippen LogP contribution in [0, 0.1) is 6.92 Å². The van der Waals surface area contributed by atoms with Crippen molar-refractivity contribution >= 4 is 0 Å². The predicted molar refractivity (Wildman–Crippen MR) is 53.1 cm³/mol. The first-order chi connectivity index (χ1) is 5.83. The number of hydrogen-bond donors (Lipinski definition) is 0. The highest BCUT2D eigenvalue weighted by Crippen LogP contribution is 2.02. The van der Waals surface area contributed by atoms with E-state index in [0.717, 1.165) is 6.42 Å². The van der Waals surface area contributed by atoms with E-state index in [1.54, 1.807) is 0 Å². The molecule has 0 N–H and O–H groups in total. The van der Waals surface area contributed by atoms with Gasteiger partial charge in [0.2, 0.25) is 0 Å². The minimum Gasteiger partial charge on any atom is -0.304 e. The van der Waals surface area contributed by atoms with Gasteiger partial charge in [0, 0.05) is 26.2 Å². The lowest BCUT2D eigenvalue weighted by Crippen LogP contribution is -2.44. The van der Waals surface area contributed by atoms with E-state index in [9.17, 15) is 0 Å². The minimum atomic E-state index is 1.09. The Morgan fingerprint density at radius 3 is 2.33 bits per heavy atom. The van der Waals surface area contributed by atoms with Crippen LogP contribution in [0.25, 0.3) is 0 Å². The van der Waals surface area contributed by atoms with Gasteiger partial charge >= 0.3 is 0 Å². The number of piperazine rings is 1. The lowest BCUT2D eigenvalue weighted by molar-refractivity contribution is 0.152. The van der Waals surface area contributed by atoms with E-state index in [1.807, 2.05) is 0 Å². The topological polar surface area (TPSA) is 6.48 Å². The van der Waals surface area contributed by atoms with Gasteiger partial charge in [0.15, 0.2) is 0 Å². The number of rotatable bonds is 4. The van der Waals surface area contributed by atoms with Gasteiger partial charge < -0.3 is 9.80 Å². The molecule has 1 radical (unpaired) electrons. The van der Waals surface area contributed by atoms with E-state index in [-0.39, 0.29) is 0 Å². The van der Waals surface area contributed by atoms with E-state index in [0.29, 0.717) is 0 Å². The van der Waals surface area contributed by atoms with E-state index in [1.165, 1.54) is 45.6 Å². The first-order valence-corrected chi connectivity index (χ1v) is 5.03. The third-order valence-electron chi connectivity index (χ3n) is 2.57. The molecular weight excluding hydrogens is 148 g/mol. The van der Waals surface area contributed by atoms with Gasteiger partial charge in [0.25, 0.3) is 0 Å². The van der Waals surface area contributed by atoms with Crippen molar-refractivity contribution in [3.63, 3.8) is 0 Å². The number of unbranched alkanes of at least 4 members (excludes halogenated alkanes) is 2. The Morgan fingerprint density at radius 2 is 1.75 bits per heavy atom. The van der Waals surface area contributed by atoms with Gasteiger partial charge in [-0.1, -0.05) is 19.8 Å². The smallest absolute Gasteiger partial charge is 0.0110 e. The van der Waals surface area contributed by atoms with Crippen LogP contribution in [-0.4, -0.2) is 49.6 Å². The highest BCUT2D eigenvalue weighted by molar-refractivity contribution is 4.68. The molecule has 0 atom stereocenters. The zero-order valence-corrected chi connectivity index (χ0v) is 8.26. The van der Waals surface area contributed by atoms with Crippen molar-refractivity contribution in [2.24, 2.45) is 0 Å². The summed E-state index contributed by atoms with van der Waals surface area (Å²) in [6, 6.07) is 0. The largest absolute Gasteiger partial charge is 0.304 e. The van der Waals surface area contributed by atoms with Crippen LogP contribution >= 0.6 is 0 Å². The summed E-state index contributed by atoms with van der Waals surface area (Å²) >= 11 is 0. The van der Waals surface area contributed by atoms with E-state index >= 15 is 0 Å². The molecule has 0 spiro atoms. The van der Waals surface area contributed by atoms with Gasteiger partial charge in [-0.3, -0.25) is 0 Å². The van der Waals surface area contributed by atoms with Gasteiger partial charge in [0.1, 0.15) is 0 Å². The molecule has 0 aromatic carbocycles. The highest BCUT2D eigenvalue weighted by Gasteiger charge is 2.12. The van der Waals surface area contributed by atoms with Gasteiger partial charge in [-0.05, 0) is 20.0 Å². The molecule has 0 unspecified atom stereocenters. The van der Waals surface area contributed by atoms with Crippen LogP contribution in [0.4, 0.5) is 0 Å². The van der Waals surface area contributed by atoms with Crippen LogP contribution in [0.15, 0.2) is 0 Å². The lowest BCUT2D eigenvalue weighted by atomic mass is 10.2. The monoisotopic (exact) mass is 169 g/mol. The first-order valence-electron chi connectivity index (χ1n) is 5.03. The number of likely N-dealkylation sites (N-methyl/N-ethyl adjacent to an activating group) is 1. The van der Waals surface area contributed by atoms with E-state index < -0.39 is 0 Å². The fourth-order valence-corrected chi connectivity index (χ4v) is 1.58. The maximum absolute atomic E-state index is 3.85. The second kappa shape index (κ2) is 5.55. The Balaban J connectivity index is 2.01. The van der Waals surface area contributed by atoms with Crippen LogP contribution < -0.4 is 0 Å². The van der Waals surface area contributed by atoms with Crippen molar-refractivity contribution in [1.82, 2.24) is 9.80 Å². The molecule has 0 aromatic rings. The Morgan fingerprint density at radius 1 is 1.08 bits per heavy atom. The van der Waals surface area contributed by atoms with Gasteiger partial charge in [-0.25, -0.2) is 0 Å². The molecule has 71 valence electrons. The third-order valence-corrected chi connectivity index (χ3v) is 2.57. The molecule has 1 heterocycles. The summed E-state index contributed by atoms with van der Waals surface area (Å²) in [6.45, 7) is 10.1. The SMILES string of the molecule is [CH2]CCCCN1CCN(C)CC1. The molecule has 1 rings (SSSR count). The minimum absolute atomic E-state index is 1.09. The quantitative estimate of drug-likeness (QED) is 0.584. The highest BCUT2D eigenvalue weighted by atomic mass is 15.2. The Kier molecular flexibility index (Phi) is 4.62. The van der Waals surface area contributed by atoms with E-state index in [4.69, 9.17) is 0 Å². The molecule has 1 aliphatic heterocycles. The van der Waals surface area contributed by atoms with Gasteiger partial charge in [0.05, 0.1) is 0 Å². The zero-order chi connectivity index (χ0) is 8.81. The summed E-state index contributed by atoms with van der Waals surface area (Å²) in [5.41, 5.74) is 0. The molecule has 1 saturated heterocycles. The molecule has 0 amide bonds. The van der Waals surface area contributed by atoms with Crippen LogP contribution in [0.5, 0.6) is 0 Å². The summed E-state index contributed by atoms with van der Waals surface area (Å²) in [4.78, 5) is 4.97. The fraction of sp³-hybridized carbons (Fsp3) is 0.900. The van der Waals surface area contributed by atoms with Gasteiger partial charge in [-0.15, -0.1) is 0 Å². The maximum Gasteiger partial charge on any atom is 0.0110 e. The third kappa shape index (κ3) is 3.55. The molecule has 0 aliphatic carbocycles. The summed E-state index contributed by atoms with van der Waals surface area (Å²) in [7, 11) is 2.20. The molecule has 0 aromatic heterocycles. The average molecular weight is 169 g/mol. The summed E-state index contributed by atoms with van der Waals surface area (Å²) in [5, 5.41) is 0. The second-order valence-corrected chi connectivity index (χ2v) is 3.71. The van der Waals surface area contributed by atoms with Crippen LogP contribution in [0.2, 0.25) is 0 Å². The van der Waals surface area contributed by atoms with Gasteiger partial charge in [-0.2, -0.15) is 0 Å². The normalized spacial score (nSPS) is 21.5. The standard InChI is InChI=1S/C10H21N2/c1-3-4-5-6-12-9-7-11(2)8-10-12/h1,3-10H2,2H3. The second-order valence-electron chi connectivity index (χ2n) is 3.71. The van der Waals surface area contributed by atoms with Crippen LogP contribution in [-0.2, 0) is 0 Å². The lowest BCUT2D eigenvalue weighted by Gasteiger charge is -2.32. The number of nitrogens with zero attached hydrogens (tertiary/aromatic N) is 2. The predicted octanol–water partition coefficient (Wildman–Crippen LogP) is 1.24. The van der Waals surface area contributed by atoms with E-state index in [2.05, 4.69) is 23.8 Å². The van der Waals surface area contributed by atoms with Crippen molar-refractivity contribution in [2.45, 2.75) is 19.3 Å². The Labute approximate surface area is 76.5 Å². The Hall–Kier alpha value is -0.0800. The van der Waals surface area contributed by atoms with Crippen LogP contribution in [0.1, 0.15) is 19.3 Å². The molecule has 1 aliphatic rings. The van der Waals surface area contributed by atoms with Crippen LogP contribution in [0.3, 0.4) is 0 Å². The molecule has 2 heteroatoms. The molecule has 12 heavy (non-hydrogen) atoms. The summed E-state index contributed by atoms with van der Waals surface area (Å²) in [5.74, 6) is 0. The molecular formula is C10H21N2. The summed E-state index contributed by atoms with van der Waals surface area (Å²) in [6.07, 6.45) is 3.70. The first kappa shape index (κ1) is 10.0. The summed E-state index contributed by atoms with van der Waals surface area (Å²) < 4.78 is 0. The average Bonchev–Trinajstić information content (AvgIpc) is 2.09. The van der Waals surface area contributed by atoms with Crippen molar-refractivity contribution in [3.05, 3.63) is 6.92 Å². The van der Waals surface area contributed by atoms with Crippen molar-refractivity contribution in [3.8, 4) is 0 Å². The molecule has 0 bridgehead atoms. The van der Waals surface area contributed by atoms with Crippen molar-refractivity contribution < 1.29 is 0 Å². The zero-order valence-electron chi connectivity index (χ0n) is 8.26. The van der Waals surface area contributed by atoms with Crippen molar-refractivity contribution in [2.75, 3.05) is 39.8 Å². The Bertz CT molecular complexity index is 106. The number of hydrogen-bond acceptors (Lipinski definition) is 2. The molecule has 0 saturated carbocycles. The maximum atomic E-state index is 3.85. The molecule has 2 nitrogen and oxygen atoms in total.